The monoisotopic (exact) mass is 282 g/mol. The average Bonchev–Trinajstić information content (AvgIpc) is 2.50. The van der Waals surface area contributed by atoms with Crippen molar-refractivity contribution in [2.45, 2.75) is 38.1 Å². The summed E-state index contributed by atoms with van der Waals surface area (Å²) in [6, 6.07) is 20.9. The van der Waals surface area contributed by atoms with Crippen molar-refractivity contribution in [3.05, 3.63) is 71.8 Å². The number of hydrogen-bond acceptors (Lipinski definition) is 2. The minimum absolute atomic E-state index is 0.194. The van der Waals surface area contributed by atoms with E-state index in [1.165, 1.54) is 11.1 Å². The molecule has 0 spiro atoms. The fraction of sp³-hybridized carbons (Fsp3) is 0.368. The van der Waals surface area contributed by atoms with Crippen LogP contribution in [-0.4, -0.2) is 18.8 Å². The Labute approximate surface area is 126 Å². The fourth-order valence-electron chi connectivity index (χ4n) is 2.65. The average molecular weight is 282 g/mol. The number of ether oxygens (including phenoxy) is 2. The van der Waals surface area contributed by atoms with Crippen molar-refractivity contribution in [3.8, 4) is 0 Å². The summed E-state index contributed by atoms with van der Waals surface area (Å²) in [5.41, 5.74) is 2.59. The molecule has 0 aliphatic carbocycles. The molecule has 2 aromatic rings. The number of aryl methyl sites for hydroxylation is 1. The first-order chi connectivity index (χ1) is 10.4. The lowest BCUT2D eigenvalue weighted by Crippen LogP contribution is -2.40. The van der Waals surface area contributed by atoms with Crippen LogP contribution in [-0.2, 0) is 22.5 Å². The molecule has 0 N–H and O–H groups in total. The van der Waals surface area contributed by atoms with Gasteiger partial charge in [-0.15, -0.1) is 0 Å². The number of benzene rings is 2. The first-order valence-corrected chi connectivity index (χ1v) is 7.73. The maximum atomic E-state index is 6.13. The molecule has 1 fully saturated rings. The van der Waals surface area contributed by atoms with Crippen molar-refractivity contribution >= 4 is 0 Å². The smallest absolute Gasteiger partial charge is 0.0858 e. The first-order valence-electron chi connectivity index (χ1n) is 7.73. The van der Waals surface area contributed by atoms with Crippen LogP contribution >= 0.6 is 0 Å². The molecule has 1 aliphatic rings. The highest BCUT2D eigenvalue weighted by Crippen LogP contribution is 2.23. The van der Waals surface area contributed by atoms with E-state index in [-0.39, 0.29) is 12.2 Å². The molecule has 110 valence electrons. The molecule has 2 heteroatoms. The van der Waals surface area contributed by atoms with Crippen LogP contribution in [0.4, 0.5) is 0 Å². The van der Waals surface area contributed by atoms with Crippen molar-refractivity contribution in [1.29, 1.82) is 0 Å². The molecule has 0 bridgehead atoms. The SMILES string of the molecule is c1ccc(CC[C@H](OCc2ccccc2)[C@H]2CCO2)cc1. The van der Waals surface area contributed by atoms with E-state index in [9.17, 15) is 0 Å². The molecule has 1 heterocycles. The van der Waals surface area contributed by atoms with Gasteiger partial charge in [0.25, 0.3) is 0 Å². The van der Waals surface area contributed by atoms with E-state index in [2.05, 4.69) is 54.6 Å². The first kappa shape index (κ1) is 14.3. The zero-order valence-corrected chi connectivity index (χ0v) is 12.3. The molecular weight excluding hydrogens is 260 g/mol. The van der Waals surface area contributed by atoms with Gasteiger partial charge in [-0.1, -0.05) is 60.7 Å². The lowest BCUT2D eigenvalue weighted by molar-refractivity contribution is -0.143. The second-order valence-corrected chi connectivity index (χ2v) is 5.56. The molecule has 0 saturated carbocycles. The quantitative estimate of drug-likeness (QED) is 0.764. The maximum absolute atomic E-state index is 6.13. The third-order valence-corrected chi connectivity index (χ3v) is 4.02. The normalized spacial score (nSPS) is 19.0. The molecule has 0 amide bonds. The zero-order chi connectivity index (χ0) is 14.3. The molecular formula is C19H22O2. The summed E-state index contributed by atoms with van der Waals surface area (Å²) in [5, 5.41) is 0. The summed E-state index contributed by atoms with van der Waals surface area (Å²) in [4.78, 5) is 0. The van der Waals surface area contributed by atoms with E-state index in [1.54, 1.807) is 0 Å². The molecule has 21 heavy (non-hydrogen) atoms. The maximum Gasteiger partial charge on any atom is 0.0858 e. The molecule has 2 nitrogen and oxygen atoms in total. The number of hydrogen-bond donors (Lipinski definition) is 0. The Morgan fingerprint density at radius 3 is 2.14 bits per heavy atom. The topological polar surface area (TPSA) is 18.5 Å². The fourth-order valence-corrected chi connectivity index (χ4v) is 2.65. The Morgan fingerprint density at radius 1 is 0.952 bits per heavy atom. The molecule has 0 radical (unpaired) electrons. The summed E-state index contributed by atoms with van der Waals surface area (Å²) in [7, 11) is 0. The molecule has 3 rings (SSSR count). The Bertz CT molecular complexity index is 476. The van der Waals surface area contributed by atoms with Crippen LogP contribution in [0.2, 0.25) is 0 Å². The van der Waals surface area contributed by atoms with Gasteiger partial charge in [0.15, 0.2) is 0 Å². The third kappa shape index (κ3) is 4.16. The summed E-state index contributed by atoms with van der Waals surface area (Å²) < 4.78 is 11.8. The van der Waals surface area contributed by atoms with Crippen LogP contribution in [0.15, 0.2) is 60.7 Å². The molecule has 2 atom stereocenters. The van der Waals surface area contributed by atoms with E-state index < -0.39 is 0 Å². The van der Waals surface area contributed by atoms with Crippen LogP contribution in [0.5, 0.6) is 0 Å². The largest absolute Gasteiger partial charge is 0.375 e. The van der Waals surface area contributed by atoms with Gasteiger partial charge in [0.2, 0.25) is 0 Å². The van der Waals surface area contributed by atoms with Crippen molar-refractivity contribution in [2.24, 2.45) is 0 Å². The second kappa shape index (κ2) is 7.39. The highest BCUT2D eigenvalue weighted by Gasteiger charge is 2.28. The Hall–Kier alpha value is -1.64. The van der Waals surface area contributed by atoms with E-state index in [0.29, 0.717) is 6.61 Å². The standard InChI is InChI=1S/C19H22O2/c1-3-7-16(8-4-1)11-12-18(19-13-14-20-19)21-15-17-9-5-2-6-10-17/h1-10,18-19H,11-15H2/t18-,19+/m0/s1. The second-order valence-electron chi connectivity index (χ2n) is 5.56. The molecule has 1 saturated heterocycles. The number of rotatable bonds is 7. The zero-order valence-electron chi connectivity index (χ0n) is 12.3. The van der Waals surface area contributed by atoms with Crippen LogP contribution in [0.1, 0.15) is 24.0 Å². The van der Waals surface area contributed by atoms with Crippen LogP contribution in [0.3, 0.4) is 0 Å². The molecule has 2 aromatic carbocycles. The van der Waals surface area contributed by atoms with Gasteiger partial charge in [-0.3, -0.25) is 0 Å². The molecule has 0 unspecified atom stereocenters. The van der Waals surface area contributed by atoms with Gasteiger partial charge in [-0.25, -0.2) is 0 Å². The summed E-state index contributed by atoms with van der Waals surface area (Å²) >= 11 is 0. The highest BCUT2D eigenvalue weighted by atomic mass is 16.6. The van der Waals surface area contributed by atoms with Crippen molar-refractivity contribution in [2.75, 3.05) is 6.61 Å². The van der Waals surface area contributed by atoms with Gasteiger partial charge >= 0.3 is 0 Å². The van der Waals surface area contributed by atoms with Crippen LogP contribution in [0.25, 0.3) is 0 Å². The Morgan fingerprint density at radius 2 is 1.57 bits per heavy atom. The lowest BCUT2D eigenvalue weighted by Gasteiger charge is -2.34. The van der Waals surface area contributed by atoms with Gasteiger partial charge < -0.3 is 9.47 Å². The van der Waals surface area contributed by atoms with Crippen LogP contribution < -0.4 is 0 Å². The van der Waals surface area contributed by atoms with E-state index in [1.807, 2.05) is 6.07 Å². The van der Waals surface area contributed by atoms with Gasteiger partial charge in [0, 0.05) is 6.61 Å². The predicted octanol–water partition coefficient (Wildman–Crippen LogP) is 3.99. The summed E-state index contributed by atoms with van der Waals surface area (Å²) in [5.74, 6) is 0. The van der Waals surface area contributed by atoms with Crippen molar-refractivity contribution in [1.82, 2.24) is 0 Å². The highest BCUT2D eigenvalue weighted by molar-refractivity contribution is 5.15. The van der Waals surface area contributed by atoms with Gasteiger partial charge in [-0.2, -0.15) is 0 Å². The van der Waals surface area contributed by atoms with Crippen molar-refractivity contribution in [3.63, 3.8) is 0 Å². The molecule has 1 aliphatic heterocycles. The summed E-state index contributed by atoms with van der Waals surface area (Å²) in [6.45, 7) is 1.54. The summed E-state index contributed by atoms with van der Waals surface area (Å²) in [6.07, 6.45) is 3.65. The van der Waals surface area contributed by atoms with Crippen LogP contribution in [0, 0.1) is 0 Å². The van der Waals surface area contributed by atoms with E-state index in [0.717, 1.165) is 25.9 Å². The van der Waals surface area contributed by atoms with E-state index in [4.69, 9.17) is 9.47 Å². The van der Waals surface area contributed by atoms with Gasteiger partial charge in [-0.05, 0) is 30.4 Å². The van der Waals surface area contributed by atoms with Gasteiger partial charge in [0.05, 0.1) is 18.8 Å². The molecule has 0 aromatic heterocycles. The Kier molecular flexibility index (Phi) is 5.03. The minimum atomic E-state index is 0.194. The van der Waals surface area contributed by atoms with Crippen molar-refractivity contribution < 1.29 is 9.47 Å². The van der Waals surface area contributed by atoms with Gasteiger partial charge in [0.1, 0.15) is 0 Å². The third-order valence-electron chi connectivity index (χ3n) is 4.02. The minimum Gasteiger partial charge on any atom is -0.375 e. The Balaban J connectivity index is 1.54. The lowest BCUT2D eigenvalue weighted by atomic mass is 9.99. The predicted molar refractivity (Wildman–Crippen MR) is 84.1 cm³/mol. The van der Waals surface area contributed by atoms with E-state index >= 15 is 0 Å².